The van der Waals surface area contributed by atoms with Gasteiger partial charge in [0.25, 0.3) is 0 Å². The maximum absolute atomic E-state index is 13.9. The molecule has 1 saturated heterocycles. The molecule has 6 nitrogen and oxygen atoms in total. The molecule has 0 aliphatic carbocycles. The summed E-state index contributed by atoms with van der Waals surface area (Å²) in [6, 6.07) is 16.3. The summed E-state index contributed by atoms with van der Waals surface area (Å²) in [7, 11) is 0. The maximum Gasteiger partial charge on any atom is 0.249 e. The number of morpholine rings is 1. The van der Waals surface area contributed by atoms with E-state index in [4.69, 9.17) is 15.5 Å². The van der Waals surface area contributed by atoms with Gasteiger partial charge in [-0.2, -0.15) is 0 Å². The van der Waals surface area contributed by atoms with Crippen LogP contribution in [0.15, 0.2) is 60.8 Å². The number of aromatic nitrogens is 2. The lowest BCUT2D eigenvalue weighted by atomic mass is 9.99. The molecule has 2 atom stereocenters. The number of benzene rings is 2. The molecule has 3 aromatic rings. The van der Waals surface area contributed by atoms with Gasteiger partial charge in [-0.05, 0) is 36.6 Å². The van der Waals surface area contributed by atoms with Crippen LogP contribution in [-0.4, -0.2) is 46.2 Å². The molecule has 2 heterocycles. The monoisotopic (exact) mass is 450 g/mol. The van der Waals surface area contributed by atoms with Gasteiger partial charge in [0.1, 0.15) is 18.2 Å². The number of nitrogens with two attached hydrogens (primary N) is 1. The zero-order valence-electron chi connectivity index (χ0n) is 19.2. The summed E-state index contributed by atoms with van der Waals surface area (Å²) in [6.45, 7) is 5.82. The molecule has 0 spiro atoms. The molecule has 1 aliphatic heterocycles. The molecule has 0 unspecified atom stereocenters. The van der Waals surface area contributed by atoms with E-state index in [2.05, 4.69) is 30.5 Å². The van der Waals surface area contributed by atoms with E-state index in [1.165, 1.54) is 12.1 Å². The minimum atomic E-state index is -0.306. The van der Waals surface area contributed by atoms with Crippen LogP contribution in [0.25, 0.3) is 11.3 Å². The first-order chi connectivity index (χ1) is 16.0. The lowest BCUT2D eigenvalue weighted by molar-refractivity contribution is -0.154. The number of ether oxygens (including phenoxy) is 1. The molecule has 33 heavy (non-hydrogen) atoms. The van der Waals surface area contributed by atoms with Crippen molar-refractivity contribution in [3.8, 4) is 11.3 Å². The second-order valence-electron chi connectivity index (χ2n) is 8.85. The van der Waals surface area contributed by atoms with Crippen molar-refractivity contribution in [1.82, 2.24) is 14.5 Å². The molecule has 2 aromatic carbocycles. The van der Waals surface area contributed by atoms with Gasteiger partial charge in [0.05, 0.1) is 17.8 Å². The second kappa shape index (κ2) is 10.3. The van der Waals surface area contributed by atoms with E-state index >= 15 is 0 Å². The van der Waals surface area contributed by atoms with Crippen molar-refractivity contribution in [3.63, 3.8) is 0 Å². The van der Waals surface area contributed by atoms with Crippen molar-refractivity contribution in [2.24, 2.45) is 11.7 Å². The van der Waals surface area contributed by atoms with Crippen LogP contribution in [0.2, 0.25) is 0 Å². The number of hydrogen-bond donors (Lipinski definition) is 1. The van der Waals surface area contributed by atoms with E-state index in [0.717, 1.165) is 11.4 Å². The van der Waals surface area contributed by atoms with Crippen molar-refractivity contribution in [1.29, 1.82) is 0 Å². The Morgan fingerprint density at radius 3 is 2.67 bits per heavy atom. The molecule has 1 amide bonds. The highest BCUT2D eigenvalue weighted by molar-refractivity contribution is 5.78. The zero-order chi connectivity index (χ0) is 23.4. The van der Waals surface area contributed by atoms with Gasteiger partial charge >= 0.3 is 0 Å². The number of carbonyl (C=O) groups is 1. The first kappa shape index (κ1) is 23.1. The highest BCUT2D eigenvalue weighted by Gasteiger charge is 2.36. The van der Waals surface area contributed by atoms with E-state index in [0.29, 0.717) is 37.3 Å². The van der Waals surface area contributed by atoms with Crippen molar-refractivity contribution >= 4 is 5.91 Å². The predicted octanol–water partition coefficient (Wildman–Crippen LogP) is 4.01. The van der Waals surface area contributed by atoms with Gasteiger partial charge in [-0.3, -0.25) is 4.79 Å². The fraction of sp³-hybridized carbons (Fsp3) is 0.385. The summed E-state index contributed by atoms with van der Waals surface area (Å²) < 4.78 is 21.7. The van der Waals surface area contributed by atoms with Crippen LogP contribution in [0.3, 0.4) is 0 Å². The molecule has 0 radical (unpaired) electrons. The van der Waals surface area contributed by atoms with Crippen molar-refractivity contribution in [2.75, 3.05) is 19.7 Å². The topological polar surface area (TPSA) is 73.4 Å². The van der Waals surface area contributed by atoms with Crippen LogP contribution in [0, 0.1) is 11.7 Å². The molecule has 1 aliphatic rings. The molecule has 0 bridgehead atoms. The summed E-state index contributed by atoms with van der Waals surface area (Å²) >= 11 is 0. The fourth-order valence-corrected chi connectivity index (χ4v) is 4.43. The van der Waals surface area contributed by atoms with Gasteiger partial charge in [0.2, 0.25) is 5.91 Å². The molecular formula is C26H31FN4O2. The Kier molecular flexibility index (Phi) is 7.20. The van der Waals surface area contributed by atoms with Crippen LogP contribution in [-0.2, 0) is 16.1 Å². The largest absolute Gasteiger partial charge is 0.367 e. The standard InChI is InChI=1S/C26H31FN4O2/c1-18(2)25(31-15-22(11-12-28)33-17-24(31)32)26-29-23(20-9-6-10-21(27)13-20)16-30(26)14-19-7-4-3-5-8-19/h3-10,13,16,18,22,25H,11-12,14-15,17,28H2,1-2H3/t22-,25-/m1/s1. The number of nitrogens with zero attached hydrogens (tertiary/aromatic N) is 3. The summed E-state index contributed by atoms with van der Waals surface area (Å²) in [5, 5.41) is 0. The lowest BCUT2D eigenvalue weighted by Crippen LogP contribution is -2.50. The minimum absolute atomic E-state index is 0.0457. The third-order valence-electron chi connectivity index (χ3n) is 6.01. The summed E-state index contributed by atoms with van der Waals surface area (Å²) in [5.74, 6) is 0.543. The molecule has 174 valence electrons. The SMILES string of the molecule is CC(C)[C@H](c1nc(-c2cccc(F)c2)cn1Cc1ccccc1)N1C[C@@H](CCN)OCC1=O. The van der Waals surface area contributed by atoms with Crippen LogP contribution >= 0.6 is 0 Å². The molecule has 2 N–H and O–H groups in total. The Labute approximate surface area is 194 Å². The normalized spacial score (nSPS) is 17.5. The third kappa shape index (κ3) is 5.31. The average molecular weight is 451 g/mol. The van der Waals surface area contributed by atoms with Crippen LogP contribution in [0.5, 0.6) is 0 Å². The van der Waals surface area contributed by atoms with Gasteiger partial charge in [0.15, 0.2) is 0 Å². The fourth-order valence-electron chi connectivity index (χ4n) is 4.43. The summed E-state index contributed by atoms with van der Waals surface area (Å²) in [4.78, 5) is 19.8. The van der Waals surface area contributed by atoms with Gasteiger partial charge in [-0.1, -0.05) is 56.3 Å². The maximum atomic E-state index is 13.9. The van der Waals surface area contributed by atoms with Crippen LogP contribution < -0.4 is 5.73 Å². The Hall–Kier alpha value is -3.03. The number of imidazole rings is 1. The number of carbonyl (C=O) groups excluding carboxylic acids is 1. The van der Waals surface area contributed by atoms with Gasteiger partial charge in [0, 0.05) is 24.8 Å². The van der Waals surface area contributed by atoms with Crippen molar-refractivity contribution < 1.29 is 13.9 Å². The Balaban J connectivity index is 1.77. The Morgan fingerprint density at radius 1 is 1.18 bits per heavy atom. The smallest absolute Gasteiger partial charge is 0.249 e. The second-order valence-corrected chi connectivity index (χ2v) is 8.85. The highest BCUT2D eigenvalue weighted by Crippen LogP contribution is 2.33. The third-order valence-corrected chi connectivity index (χ3v) is 6.01. The van der Waals surface area contributed by atoms with E-state index in [9.17, 15) is 9.18 Å². The molecule has 1 aromatic heterocycles. The number of rotatable bonds is 8. The van der Waals surface area contributed by atoms with Crippen molar-refractivity contribution in [2.45, 2.75) is 39.0 Å². The van der Waals surface area contributed by atoms with E-state index in [1.54, 1.807) is 6.07 Å². The quantitative estimate of drug-likeness (QED) is 0.563. The molecule has 4 rings (SSSR count). The van der Waals surface area contributed by atoms with Crippen LogP contribution in [0.4, 0.5) is 4.39 Å². The molecular weight excluding hydrogens is 419 g/mol. The van der Waals surface area contributed by atoms with Gasteiger partial charge in [-0.15, -0.1) is 0 Å². The molecule has 0 saturated carbocycles. The minimum Gasteiger partial charge on any atom is -0.367 e. The Bertz CT molecular complexity index is 1080. The van der Waals surface area contributed by atoms with Gasteiger partial charge in [-0.25, -0.2) is 9.37 Å². The first-order valence-corrected chi connectivity index (χ1v) is 11.4. The lowest BCUT2D eigenvalue weighted by Gasteiger charge is -2.39. The van der Waals surface area contributed by atoms with E-state index in [-0.39, 0.29) is 36.4 Å². The number of amides is 1. The average Bonchev–Trinajstić information content (AvgIpc) is 3.20. The first-order valence-electron chi connectivity index (χ1n) is 11.4. The van der Waals surface area contributed by atoms with E-state index in [1.807, 2.05) is 35.4 Å². The summed E-state index contributed by atoms with van der Waals surface area (Å²) in [6.07, 6.45) is 2.56. The molecule has 7 heteroatoms. The zero-order valence-corrected chi connectivity index (χ0v) is 19.2. The van der Waals surface area contributed by atoms with Gasteiger partial charge < -0.3 is 19.9 Å². The highest BCUT2D eigenvalue weighted by atomic mass is 19.1. The number of halogens is 1. The number of hydrogen-bond acceptors (Lipinski definition) is 4. The van der Waals surface area contributed by atoms with E-state index < -0.39 is 0 Å². The van der Waals surface area contributed by atoms with Crippen molar-refractivity contribution in [3.05, 3.63) is 78.0 Å². The predicted molar refractivity (Wildman–Crippen MR) is 126 cm³/mol. The Morgan fingerprint density at radius 2 is 1.97 bits per heavy atom. The van der Waals surface area contributed by atoms with Crippen LogP contribution in [0.1, 0.15) is 37.7 Å². The molecule has 1 fully saturated rings. The summed E-state index contributed by atoms with van der Waals surface area (Å²) in [5.41, 5.74) is 8.26.